The summed E-state index contributed by atoms with van der Waals surface area (Å²) in [6.45, 7) is 2.07. The molecule has 7 heteroatoms. The van der Waals surface area contributed by atoms with E-state index in [-0.39, 0.29) is 17.7 Å². The maximum absolute atomic E-state index is 12.6. The number of rotatable bonds is 3. The lowest BCUT2D eigenvalue weighted by Crippen LogP contribution is -2.38. The Morgan fingerprint density at radius 2 is 2.17 bits per heavy atom. The maximum Gasteiger partial charge on any atom is 0.227 e. The number of nitrogens with one attached hydrogen (secondary N) is 1. The van der Waals surface area contributed by atoms with E-state index in [4.69, 9.17) is 11.6 Å². The smallest absolute Gasteiger partial charge is 0.227 e. The van der Waals surface area contributed by atoms with Crippen LogP contribution >= 0.6 is 23.4 Å². The van der Waals surface area contributed by atoms with E-state index in [1.807, 2.05) is 28.9 Å². The number of benzene rings is 1. The fourth-order valence-corrected chi connectivity index (χ4v) is 4.02. The summed E-state index contributed by atoms with van der Waals surface area (Å²) in [6.07, 6.45) is 3.45. The monoisotopic (exact) mass is 360 g/mol. The van der Waals surface area contributed by atoms with Crippen molar-refractivity contribution < 1.29 is 4.79 Å². The number of carbonyl (C=O) groups excluding carboxylic acids is 1. The molecule has 124 valence electrons. The zero-order valence-electron chi connectivity index (χ0n) is 13.2. The summed E-state index contributed by atoms with van der Waals surface area (Å²) >= 11 is 7.63. The molecule has 0 radical (unpaired) electrons. The Morgan fingerprint density at radius 3 is 2.92 bits per heavy atom. The number of thioether (sulfide) groups is 1. The van der Waals surface area contributed by atoms with Crippen molar-refractivity contribution >= 4 is 35.1 Å². The molecule has 1 aliphatic heterocycles. The Balaban J connectivity index is 1.86. The number of hydrogen-bond acceptors (Lipinski definition) is 5. The van der Waals surface area contributed by atoms with Crippen LogP contribution in [0.1, 0.15) is 31.4 Å². The van der Waals surface area contributed by atoms with E-state index >= 15 is 0 Å². The summed E-state index contributed by atoms with van der Waals surface area (Å²) in [5, 5.41) is 9.36. The fourth-order valence-electron chi connectivity index (χ4n) is 3.34. The summed E-state index contributed by atoms with van der Waals surface area (Å²) in [5.74, 6) is 1.60. The van der Waals surface area contributed by atoms with E-state index in [1.165, 1.54) is 0 Å². The Kier molecular flexibility index (Phi) is 4.10. The van der Waals surface area contributed by atoms with Crippen LogP contribution in [-0.4, -0.2) is 26.3 Å². The predicted octanol–water partition coefficient (Wildman–Crippen LogP) is 3.92. The first-order valence-electron chi connectivity index (χ1n) is 8.02. The van der Waals surface area contributed by atoms with Gasteiger partial charge in [-0.15, -0.1) is 5.10 Å². The molecule has 0 unspecified atom stereocenters. The highest BCUT2D eigenvalue weighted by Gasteiger charge is 2.41. The Hall–Kier alpha value is -1.79. The van der Waals surface area contributed by atoms with Crippen molar-refractivity contribution in [2.45, 2.75) is 31.0 Å². The van der Waals surface area contributed by atoms with Gasteiger partial charge in [0.25, 0.3) is 0 Å². The molecule has 0 fully saturated rings. The second kappa shape index (κ2) is 6.26. The van der Waals surface area contributed by atoms with Crippen molar-refractivity contribution in [3.8, 4) is 0 Å². The quantitative estimate of drug-likeness (QED) is 0.840. The van der Waals surface area contributed by atoms with E-state index in [2.05, 4.69) is 28.4 Å². The van der Waals surface area contributed by atoms with Gasteiger partial charge in [0, 0.05) is 17.1 Å². The number of aromatic nitrogens is 3. The molecule has 2 aliphatic rings. The zero-order chi connectivity index (χ0) is 16.7. The SMILES string of the molecule is CCSc1nc2n(n1)[C@@H](c1ccc(Cl)cc1)[C@@H]1C(=O)CCC=C1N2. The largest absolute Gasteiger partial charge is 0.328 e. The molecular weight excluding hydrogens is 344 g/mol. The third-order valence-electron chi connectivity index (χ3n) is 4.37. The minimum absolute atomic E-state index is 0.184. The second-order valence-corrected chi connectivity index (χ2v) is 7.53. The van der Waals surface area contributed by atoms with Crippen LogP contribution in [0.2, 0.25) is 5.02 Å². The van der Waals surface area contributed by atoms with Gasteiger partial charge in [0.05, 0.1) is 12.0 Å². The van der Waals surface area contributed by atoms with Crippen molar-refractivity contribution in [2.75, 3.05) is 11.1 Å². The van der Waals surface area contributed by atoms with Crippen LogP contribution in [0.25, 0.3) is 0 Å². The number of Topliss-reactive ketones (excluding diaryl/α,β-unsaturated/α-hetero) is 1. The molecule has 2 aromatic rings. The maximum atomic E-state index is 12.6. The van der Waals surface area contributed by atoms with Crippen molar-refractivity contribution in [3.63, 3.8) is 0 Å². The number of anilines is 1. The van der Waals surface area contributed by atoms with E-state index in [9.17, 15) is 4.79 Å². The van der Waals surface area contributed by atoms with Gasteiger partial charge in [-0.25, -0.2) is 4.68 Å². The van der Waals surface area contributed by atoms with E-state index < -0.39 is 0 Å². The number of nitrogens with zero attached hydrogens (tertiary/aromatic N) is 3. The standard InChI is InChI=1S/C17H17ClN4OS/c1-2-24-17-20-16-19-12-4-3-5-13(23)14(12)15(22(16)21-17)10-6-8-11(18)9-7-10/h4,6-9,14-15H,2-3,5H2,1H3,(H,19,20,21)/t14-,15-/m0/s1. The molecular formula is C17H17ClN4OS. The summed E-state index contributed by atoms with van der Waals surface area (Å²) in [6, 6.07) is 7.46. The fraction of sp³-hybridized carbons (Fsp3) is 0.353. The number of carbonyl (C=O) groups is 1. The summed E-state index contributed by atoms with van der Waals surface area (Å²) in [5.41, 5.74) is 1.96. The first kappa shape index (κ1) is 15.7. The number of allylic oxidation sites excluding steroid dienone is 2. The topological polar surface area (TPSA) is 59.8 Å². The van der Waals surface area contributed by atoms with Crippen LogP contribution in [0.4, 0.5) is 5.95 Å². The van der Waals surface area contributed by atoms with Gasteiger partial charge in [-0.2, -0.15) is 4.98 Å². The normalized spacial score (nSPS) is 22.4. The van der Waals surface area contributed by atoms with Crippen LogP contribution in [-0.2, 0) is 4.79 Å². The van der Waals surface area contributed by atoms with Gasteiger partial charge in [-0.1, -0.05) is 48.5 Å². The lowest BCUT2D eigenvalue weighted by atomic mass is 9.81. The number of halogens is 1. The van der Waals surface area contributed by atoms with E-state index in [1.54, 1.807) is 11.8 Å². The molecule has 1 N–H and O–H groups in total. The molecule has 1 aromatic heterocycles. The second-order valence-electron chi connectivity index (χ2n) is 5.86. The van der Waals surface area contributed by atoms with Crippen molar-refractivity contribution in [2.24, 2.45) is 5.92 Å². The summed E-state index contributed by atoms with van der Waals surface area (Å²) in [4.78, 5) is 17.2. The Labute approximate surface area is 149 Å². The first-order chi connectivity index (χ1) is 11.7. The van der Waals surface area contributed by atoms with Crippen molar-refractivity contribution in [3.05, 3.63) is 46.6 Å². The van der Waals surface area contributed by atoms with Crippen molar-refractivity contribution in [1.29, 1.82) is 0 Å². The first-order valence-corrected chi connectivity index (χ1v) is 9.38. The van der Waals surface area contributed by atoms with Crippen LogP contribution in [0.15, 0.2) is 41.2 Å². The molecule has 4 rings (SSSR count). The molecule has 1 aliphatic carbocycles. The highest BCUT2D eigenvalue weighted by Crippen LogP contribution is 2.42. The molecule has 24 heavy (non-hydrogen) atoms. The van der Waals surface area contributed by atoms with E-state index in [0.29, 0.717) is 17.4 Å². The van der Waals surface area contributed by atoms with Crippen LogP contribution in [0, 0.1) is 5.92 Å². The lowest BCUT2D eigenvalue weighted by Gasteiger charge is -2.36. The summed E-state index contributed by atoms with van der Waals surface area (Å²) < 4.78 is 1.85. The molecule has 2 atom stereocenters. The molecule has 0 spiro atoms. The molecule has 0 bridgehead atoms. The van der Waals surface area contributed by atoms with Crippen LogP contribution in [0.5, 0.6) is 0 Å². The van der Waals surface area contributed by atoms with Crippen LogP contribution < -0.4 is 5.32 Å². The van der Waals surface area contributed by atoms with Gasteiger partial charge < -0.3 is 5.32 Å². The average Bonchev–Trinajstić information content (AvgIpc) is 2.96. The third-order valence-corrected chi connectivity index (χ3v) is 5.34. The average molecular weight is 361 g/mol. The molecule has 5 nitrogen and oxygen atoms in total. The van der Waals surface area contributed by atoms with E-state index in [0.717, 1.165) is 28.6 Å². The van der Waals surface area contributed by atoms with Gasteiger partial charge in [0.15, 0.2) is 0 Å². The Bertz CT molecular complexity index is 814. The van der Waals surface area contributed by atoms with Gasteiger partial charge in [0.1, 0.15) is 5.78 Å². The minimum Gasteiger partial charge on any atom is -0.328 e. The molecule has 0 saturated carbocycles. The Morgan fingerprint density at radius 1 is 1.38 bits per heavy atom. The third kappa shape index (κ3) is 2.63. The van der Waals surface area contributed by atoms with Gasteiger partial charge in [-0.3, -0.25) is 4.79 Å². The molecule has 2 heterocycles. The number of hydrogen-bond donors (Lipinski definition) is 1. The summed E-state index contributed by atoms with van der Waals surface area (Å²) in [7, 11) is 0. The number of ketones is 1. The molecule has 0 saturated heterocycles. The van der Waals surface area contributed by atoms with Gasteiger partial charge >= 0.3 is 0 Å². The zero-order valence-corrected chi connectivity index (χ0v) is 14.8. The highest BCUT2D eigenvalue weighted by molar-refractivity contribution is 7.99. The highest BCUT2D eigenvalue weighted by atomic mass is 35.5. The lowest BCUT2D eigenvalue weighted by molar-refractivity contribution is -0.123. The predicted molar refractivity (Wildman–Crippen MR) is 95.4 cm³/mol. The number of fused-ring (bicyclic) bond motifs is 2. The van der Waals surface area contributed by atoms with Crippen LogP contribution in [0.3, 0.4) is 0 Å². The molecule has 0 amide bonds. The van der Waals surface area contributed by atoms with Crippen molar-refractivity contribution in [1.82, 2.24) is 14.8 Å². The molecule has 1 aromatic carbocycles. The van der Waals surface area contributed by atoms with Gasteiger partial charge in [-0.05, 0) is 29.9 Å². The van der Waals surface area contributed by atoms with Gasteiger partial charge in [0.2, 0.25) is 11.1 Å². The minimum atomic E-state index is -0.242.